The molecule has 3 aromatic rings. The van der Waals surface area contributed by atoms with Crippen LogP contribution in [0.5, 0.6) is 0 Å². The average Bonchev–Trinajstić information content (AvgIpc) is 3.46. The van der Waals surface area contributed by atoms with E-state index in [1.807, 2.05) is 34.9 Å². The highest BCUT2D eigenvalue weighted by molar-refractivity contribution is 7.53. The zero-order valence-electron chi connectivity index (χ0n) is 15.4. The van der Waals surface area contributed by atoms with Gasteiger partial charge in [-0.15, -0.1) is 0 Å². The van der Waals surface area contributed by atoms with Gasteiger partial charge < -0.3 is 10.5 Å². The van der Waals surface area contributed by atoms with Crippen LogP contribution in [0, 0.1) is 0 Å². The number of nitrogens with zero attached hydrogens (tertiary/aromatic N) is 5. The third kappa shape index (κ3) is 3.56. The van der Waals surface area contributed by atoms with Crippen LogP contribution in [0.2, 0.25) is 0 Å². The molecule has 1 aromatic carbocycles. The first-order valence-corrected chi connectivity index (χ1v) is 10.7. The van der Waals surface area contributed by atoms with Crippen molar-refractivity contribution < 1.29 is 18.3 Å². The van der Waals surface area contributed by atoms with Crippen molar-refractivity contribution in [3.8, 4) is 0 Å². The van der Waals surface area contributed by atoms with Crippen molar-refractivity contribution >= 4 is 30.4 Å². The fourth-order valence-corrected chi connectivity index (χ4v) is 4.76. The summed E-state index contributed by atoms with van der Waals surface area (Å²) in [5.74, 6) is 0.329. The minimum absolute atomic E-state index is 0.128. The Morgan fingerprint density at radius 3 is 2.93 bits per heavy atom. The van der Waals surface area contributed by atoms with E-state index in [1.54, 1.807) is 6.33 Å². The molecule has 2 aliphatic rings. The van der Waals surface area contributed by atoms with Gasteiger partial charge in [-0.05, 0) is 18.4 Å². The molecule has 0 saturated carbocycles. The summed E-state index contributed by atoms with van der Waals surface area (Å²) in [5, 5.41) is 0. The number of rotatable bonds is 5. The highest BCUT2D eigenvalue weighted by Gasteiger charge is 2.35. The molecule has 0 amide bonds. The fraction of sp³-hybridized carbons (Fsp3) is 0.333. The van der Waals surface area contributed by atoms with Crippen LogP contribution in [0.3, 0.4) is 0 Å². The molecule has 150 valence electrons. The zero-order chi connectivity index (χ0) is 19.8. The van der Waals surface area contributed by atoms with Crippen LogP contribution in [-0.2, 0) is 18.3 Å². The van der Waals surface area contributed by atoms with Crippen LogP contribution in [0.25, 0.3) is 11.2 Å². The maximum Gasteiger partial charge on any atom is 0.454 e. The number of benzene rings is 1. The first-order valence-electron chi connectivity index (χ1n) is 9.23. The van der Waals surface area contributed by atoms with E-state index in [9.17, 15) is 4.57 Å². The van der Waals surface area contributed by atoms with E-state index < -0.39 is 7.75 Å². The van der Waals surface area contributed by atoms with Gasteiger partial charge in [-0.2, -0.15) is 4.76 Å². The number of nitrogen functional groups attached to an aromatic ring is 1. The number of aromatic nitrogens is 4. The molecule has 2 aliphatic heterocycles. The number of hydrogen-bond acceptors (Lipinski definition) is 8. The molecule has 0 aliphatic carbocycles. The number of fused-ring (bicyclic) bond motifs is 1. The van der Waals surface area contributed by atoms with Crippen LogP contribution in [-0.4, -0.2) is 44.5 Å². The van der Waals surface area contributed by atoms with Crippen molar-refractivity contribution in [2.24, 2.45) is 4.76 Å². The quantitative estimate of drug-likeness (QED) is 0.632. The first kappa shape index (κ1) is 18.4. The van der Waals surface area contributed by atoms with E-state index in [2.05, 4.69) is 19.7 Å². The Hall–Kier alpha value is -2.65. The van der Waals surface area contributed by atoms with Gasteiger partial charge in [-0.3, -0.25) is 13.6 Å². The Morgan fingerprint density at radius 2 is 2.07 bits per heavy atom. The van der Waals surface area contributed by atoms with Crippen molar-refractivity contribution in [3.05, 3.63) is 48.5 Å². The minimum Gasteiger partial charge on any atom is -0.382 e. The summed E-state index contributed by atoms with van der Waals surface area (Å²) >= 11 is 0. The second-order valence-corrected chi connectivity index (χ2v) is 8.48. The zero-order valence-corrected chi connectivity index (χ0v) is 16.3. The van der Waals surface area contributed by atoms with E-state index in [0.29, 0.717) is 22.7 Å². The maximum absolute atomic E-state index is 12.7. The topological polar surface area (TPSA) is 127 Å². The molecule has 0 spiro atoms. The highest BCUT2D eigenvalue weighted by atomic mass is 31.2. The van der Waals surface area contributed by atoms with Crippen molar-refractivity contribution in [2.45, 2.75) is 25.2 Å². The van der Waals surface area contributed by atoms with Gasteiger partial charge in [0, 0.05) is 0 Å². The monoisotopic (exact) mass is 414 g/mol. The molecule has 29 heavy (non-hydrogen) atoms. The molecule has 1 fully saturated rings. The average molecular weight is 414 g/mol. The lowest BCUT2D eigenvalue weighted by atomic mass is 10.1. The Kier molecular flexibility index (Phi) is 4.63. The van der Waals surface area contributed by atoms with Gasteiger partial charge in [0.25, 0.3) is 0 Å². The molecule has 2 aromatic heterocycles. The summed E-state index contributed by atoms with van der Waals surface area (Å²) in [4.78, 5) is 12.5. The SMILES string of the molecule is Nc1ncnc2c1ncn2[C@H]1CC[C@@H](COP2(=O)N=C(c3ccccc3)CO2)O1. The van der Waals surface area contributed by atoms with Gasteiger partial charge in [0.1, 0.15) is 24.7 Å². The molecule has 0 bridgehead atoms. The van der Waals surface area contributed by atoms with Crippen LogP contribution in [0.4, 0.5) is 5.82 Å². The Bertz CT molecular complexity index is 1120. The molecular formula is C18H19N6O4P. The molecule has 5 rings (SSSR count). The van der Waals surface area contributed by atoms with E-state index in [-0.39, 0.29) is 25.5 Å². The lowest BCUT2D eigenvalue weighted by Gasteiger charge is -2.16. The second kappa shape index (κ2) is 7.31. The van der Waals surface area contributed by atoms with Gasteiger partial charge >= 0.3 is 7.75 Å². The molecule has 10 nitrogen and oxygen atoms in total. The fourth-order valence-electron chi connectivity index (χ4n) is 3.46. The smallest absolute Gasteiger partial charge is 0.382 e. The number of ether oxygens (including phenoxy) is 1. The Labute approximate surface area is 166 Å². The molecule has 0 radical (unpaired) electrons. The third-order valence-corrected chi connectivity index (χ3v) is 6.34. The summed E-state index contributed by atoms with van der Waals surface area (Å²) in [6.45, 7) is 0.292. The normalized spacial score (nSPS) is 26.8. The number of anilines is 1. The highest BCUT2D eigenvalue weighted by Crippen LogP contribution is 2.54. The number of hydrogen-bond donors (Lipinski definition) is 1. The van der Waals surface area contributed by atoms with Crippen LogP contribution in [0.15, 0.2) is 47.7 Å². The predicted octanol–water partition coefficient (Wildman–Crippen LogP) is 2.73. The molecule has 1 unspecified atom stereocenters. The number of imidazole rings is 1. The predicted molar refractivity (Wildman–Crippen MR) is 105 cm³/mol. The lowest BCUT2D eigenvalue weighted by Crippen LogP contribution is -2.16. The Balaban J connectivity index is 1.23. The Morgan fingerprint density at radius 1 is 1.21 bits per heavy atom. The molecular weight excluding hydrogens is 395 g/mol. The van der Waals surface area contributed by atoms with E-state index in [1.165, 1.54) is 6.33 Å². The molecule has 4 heterocycles. The van der Waals surface area contributed by atoms with Crippen LogP contribution >= 0.6 is 7.75 Å². The minimum atomic E-state index is -3.52. The number of nitrogens with two attached hydrogens (primary N) is 1. The molecule has 11 heteroatoms. The molecule has 2 N–H and O–H groups in total. The van der Waals surface area contributed by atoms with Crippen molar-refractivity contribution in [1.82, 2.24) is 19.5 Å². The first-order chi connectivity index (χ1) is 14.1. The summed E-state index contributed by atoms with van der Waals surface area (Å²) in [7, 11) is -3.52. The maximum atomic E-state index is 12.7. The van der Waals surface area contributed by atoms with Crippen molar-refractivity contribution in [1.29, 1.82) is 0 Å². The van der Waals surface area contributed by atoms with Crippen molar-refractivity contribution in [3.63, 3.8) is 0 Å². The summed E-state index contributed by atoms with van der Waals surface area (Å²) in [6, 6.07) is 9.50. The third-order valence-electron chi connectivity index (χ3n) is 4.92. The van der Waals surface area contributed by atoms with Crippen LogP contribution < -0.4 is 5.73 Å². The van der Waals surface area contributed by atoms with E-state index in [4.69, 9.17) is 19.5 Å². The van der Waals surface area contributed by atoms with Gasteiger partial charge in [-0.1, -0.05) is 30.3 Å². The summed E-state index contributed by atoms with van der Waals surface area (Å²) in [5.41, 5.74) is 8.50. The van der Waals surface area contributed by atoms with E-state index >= 15 is 0 Å². The van der Waals surface area contributed by atoms with Gasteiger partial charge in [0.15, 0.2) is 11.5 Å². The van der Waals surface area contributed by atoms with E-state index in [0.717, 1.165) is 18.4 Å². The molecule has 3 atom stereocenters. The van der Waals surface area contributed by atoms with Gasteiger partial charge in [0.05, 0.1) is 24.7 Å². The summed E-state index contributed by atoms with van der Waals surface area (Å²) in [6.07, 6.45) is 4.03. The van der Waals surface area contributed by atoms with Gasteiger partial charge in [-0.25, -0.2) is 19.5 Å². The van der Waals surface area contributed by atoms with Gasteiger partial charge in [0.2, 0.25) is 0 Å². The molecule has 1 saturated heterocycles. The second-order valence-electron chi connectivity index (χ2n) is 6.82. The van der Waals surface area contributed by atoms with Crippen LogP contribution in [0.1, 0.15) is 24.6 Å². The summed E-state index contributed by atoms with van der Waals surface area (Å²) < 4.78 is 35.7. The van der Waals surface area contributed by atoms with Crippen molar-refractivity contribution in [2.75, 3.05) is 18.9 Å². The lowest BCUT2D eigenvalue weighted by molar-refractivity contribution is -0.0179. The standard InChI is InChI=1S/C18H19N6O4P/c19-17-16-18(21-10-20-17)24(11-22-16)15-7-6-13(28-15)8-26-29(25)23-14(9-27-29)12-4-2-1-3-5-12/h1-5,10-11,13,15H,6-9H2,(H2,19,20,21)/t13-,15+,29?/m0/s1. The largest absolute Gasteiger partial charge is 0.454 e.